The summed E-state index contributed by atoms with van der Waals surface area (Å²) in [6, 6.07) is 11.3. The second-order valence-electron chi connectivity index (χ2n) is 5.45. The van der Waals surface area contributed by atoms with Gasteiger partial charge < -0.3 is 15.1 Å². The van der Waals surface area contributed by atoms with E-state index >= 15 is 0 Å². The van der Waals surface area contributed by atoms with Crippen LogP contribution in [0.2, 0.25) is 0 Å². The van der Waals surface area contributed by atoms with Crippen molar-refractivity contribution >= 4 is 23.1 Å². The lowest BCUT2D eigenvalue weighted by Crippen LogP contribution is -2.30. The fourth-order valence-corrected chi connectivity index (χ4v) is 2.96. The Kier molecular flexibility index (Phi) is 4.96. The topological polar surface area (TPSA) is 67.2 Å². The third kappa shape index (κ3) is 4.02. The monoisotopic (exact) mass is 341 g/mol. The molecule has 0 aliphatic carbocycles. The summed E-state index contributed by atoms with van der Waals surface area (Å²) in [7, 11) is 0. The molecule has 0 saturated carbocycles. The molecule has 1 aromatic carbocycles. The third-order valence-corrected chi connectivity index (χ3v) is 4.57. The molecule has 0 unspecified atom stereocenters. The molecule has 24 heavy (non-hydrogen) atoms. The van der Waals surface area contributed by atoms with Crippen molar-refractivity contribution in [3.05, 3.63) is 58.1 Å². The van der Waals surface area contributed by atoms with Gasteiger partial charge in [0.05, 0.1) is 5.69 Å². The van der Waals surface area contributed by atoms with Crippen LogP contribution in [0.5, 0.6) is 0 Å². The average Bonchev–Trinajstić information content (AvgIpc) is 3.18. The van der Waals surface area contributed by atoms with E-state index in [2.05, 4.69) is 21.7 Å². The molecule has 124 valence electrons. The van der Waals surface area contributed by atoms with Crippen LogP contribution in [0.15, 0.2) is 46.2 Å². The number of carbonyl (C=O) groups is 1. The minimum absolute atomic E-state index is 0.219. The number of aromatic nitrogens is 1. The van der Waals surface area contributed by atoms with Crippen LogP contribution < -0.4 is 10.6 Å². The summed E-state index contributed by atoms with van der Waals surface area (Å²) < 4.78 is 5.63. The van der Waals surface area contributed by atoms with E-state index in [9.17, 15) is 4.79 Å². The van der Waals surface area contributed by atoms with Crippen LogP contribution in [-0.2, 0) is 6.42 Å². The SMILES string of the molecule is Cc1nc(-c2cccc(NC(=O)NCCc3cccs3)c2)oc1C. The highest BCUT2D eigenvalue weighted by molar-refractivity contribution is 7.09. The van der Waals surface area contributed by atoms with Gasteiger partial charge in [-0.25, -0.2) is 9.78 Å². The highest BCUT2D eigenvalue weighted by Crippen LogP contribution is 2.24. The highest BCUT2D eigenvalue weighted by atomic mass is 32.1. The summed E-state index contributed by atoms with van der Waals surface area (Å²) in [5.41, 5.74) is 2.41. The Labute approximate surface area is 144 Å². The first-order valence-corrected chi connectivity index (χ1v) is 8.61. The number of nitrogens with one attached hydrogen (secondary N) is 2. The van der Waals surface area contributed by atoms with Crippen LogP contribution in [-0.4, -0.2) is 17.6 Å². The number of amides is 2. The van der Waals surface area contributed by atoms with E-state index in [1.165, 1.54) is 4.88 Å². The number of aryl methyl sites for hydroxylation is 2. The van der Waals surface area contributed by atoms with Gasteiger partial charge in [0.1, 0.15) is 5.76 Å². The Morgan fingerprint density at radius 3 is 2.83 bits per heavy atom. The van der Waals surface area contributed by atoms with Crippen LogP contribution >= 0.6 is 11.3 Å². The maximum absolute atomic E-state index is 12.0. The minimum atomic E-state index is -0.219. The van der Waals surface area contributed by atoms with Gasteiger partial charge in [-0.15, -0.1) is 11.3 Å². The van der Waals surface area contributed by atoms with Crippen LogP contribution in [0.25, 0.3) is 11.5 Å². The van der Waals surface area contributed by atoms with Gasteiger partial charge in [0, 0.05) is 22.7 Å². The number of hydrogen-bond acceptors (Lipinski definition) is 4. The largest absolute Gasteiger partial charge is 0.441 e. The summed E-state index contributed by atoms with van der Waals surface area (Å²) in [6.45, 7) is 4.39. The van der Waals surface area contributed by atoms with E-state index in [1.54, 1.807) is 11.3 Å². The number of hydrogen-bond donors (Lipinski definition) is 2. The van der Waals surface area contributed by atoms with Gasteiger partial charge >= 0.3 is 6.03 Å². The van der Waals surface area contributed by atoms with Crippen LogP contribution in [0.3, 0.4) is 0 Å². The van der Waals surface area contributed by atoms with Crippen molar-refractivity contribution in [1.29, 1.82) is 0 Å². The molecule has 2 amide bonds. The zero-order valence-corrected chi connectivity index (χ0v) is 14.4. The molecule has 5 nitrogen and oxygen atoms in total. The number of oxazole rings is 1. The lowest BCUT2D eigenvalue weighted by Gasteiger charge is -2.08. The van der Waals surface area contributed by atoms with Crippen molar-refractivity contribution in [2.24, 2.45) is 0 Å². The lowest BCUT2D eigenvalue weighted by atomic mass is 10.2. The summed E-state index contributed by atoms with van der Waals surface area (Å²) >= 11 is 1.69. The Balaban J connectivity index is 1.58. The Morgan fingerprint density at radius 2 is 2.12 bits per heavy atom. The molecule has 0 atom stereocenters. The first-order valence-electron chi connectivity index (χ1n) is 7.73. The first-order chi connectivity index (χ1) is 11.6. The number of nitrogens with zero attached hydrogens (tertiary/aromatic N) is 1. The summed E-state index contributed by atoms with van der Waals surface area (Å²) in [4.78, 5) is 17.6. The Morgan fingerprint density at radius 1 is 1.25 bits per heavy atom. The fourth-order valence-electron chi connectivity index (χ4n) is 2.26. The van der Waals surface area contributed by atoms with Gasteiger partial charge in [-0.1, -0.05) is 12.1 Å². The first kappa shape index (κ1) is 16.3. The Hall–Kier alpha value is -2.60. The molecular formula is C18H19N3O2S. The number of carbonyl (C=O) groups excluding carboxylic acids is 1. The number of rotatable bonds is 5. The molecule has 6 heteroatoms. The second-order valence-corrected chi connectivity index (χ2v) is 6.48. The average molecular weight is 341 g/mol. The van der Waals surface area contributed by atoms with E-state index in [4.69, 9.17) is 4.42 Å². The molecule has 2 aromatic heterocycles. The van der Waals surface area contributed by atoms with Crippen molar-refractivity contribution in [2.75, 3.05) is 11.9 Å². The highest BCUT2D eigenvalue weighted by Gasteiger charge is 2.09. The predicted octanol–water partition coefficient (Wildman–Crippen LogP) is 4.38. The standard InChI is InChI=1S/C18H19N3O2S/c1-12-13(2)23-17(20-12)14-5-3-6-15(11-14)21-18(22)19-9-8-16-7-4-10-24-16/h3-7,10-11H,8-9H2,1-2H3,(H2,19,21,22). The molecule has 0 saturated heterocycles. The number of thiophene rings is 1. The van der Waals surface area contributed by atoms with Crippen molar-refractivity contribution in [1.82, 2.24) is 10.3 Å². The molecule has 0 fully saturated rings. The maximum Gasteiger partial charge on any atom is 0.319 e. The van der Waals surface area contributed by atoms with Crippen LogP contribution in [0.4, 0.5) is 10.5 Å². The summed E-state index contributed by atoms with van der Waals surface area (Å²) in [5, 5.41) is 7.73. The molecule has 0 bridgehead atoms. The van der Waals surface area contributed by atoms with Crippen LogP contribution in [0.1, 0.15) is 16.3 Å². The third-order valence-electron chi connectivity index (χ3n) is 3.63. The summed E-state index contributed by atoms with van der Waals surface area (Å²) in [5.74, 6) is 1.36. The van der Waals surface area contributed by atoms with Crippen molar-refractivity contribution in [3.8, 4) is 11.5 Å². The summed E-state index contributed by atoms with van der Waals surface area (Å²) in [6.07, 6.45) is 0.833. The van der Waals surface area contributed by atoms with E-state index in [0.717, 1.165) is 23.4 Å². The predicted molar refractivity (Wildman–Crippen MR) is 96.5 cm³/mol. The van der Waals surface area contributed by atoms with Gasteiger partial charge in [-0.05, 0) is 49.9 Å². The fraction of sp³-hybridized carbons (Fsp3) is 0.222. The lowest BCUT2D eigenvalue weighted by molar-refractivity contribution is 0.252. The molecule has 0 spiro atoms. The maximum atomic E-state index is 12.0. The zero-order chi connectivity index (χ0) is 16.9. The quantitative estimate of drug-likeness (QED) is 0.723. The van der Waals surface area contributed by atoms with E-state index < -0.39 is 0 Å². The van der Waals surface area contributed by atoms with Crippen molar-refractivity contribution in [3.63, 3.8) is 0 Å². The van der Waals surface area contributed by atoms with E-state index in [1.807, 2.05) is 49.6 Å². The molecular weight excluding hydrogens is 322 g/mol. The van der Waals surface area contributed by atoms with Crippen molar-refractivity contribution in [2.45, 2.75) is 20.3 Å². The second kappa shape index (κ2) is 7.31. The van der Waals surface area contributed by atoms with E-state index in [-0.39, 0.29) is 6.03 Å². The normalized spacial score (nSPS) is 10.6. The Bertz CT molecular complexity index is 805. The smallest absolute Gasteiger partial charge is 0.319 e. The van der Waals surface area contributed by atoms with Crippen molar-refractivity contribution < 1.29 is 9.21 Å². The van der Waals surface area contributed by atoms with Gasteiger partial charge in [0.15, 0.2) is 0 Å². The zero-order valence-electron chi connectivity index (χ0n) is 13.6. The molecule has 3 rings (SSSR count). The molecule has 0 aliphatic rings. The molecule has 0 radical (unpaired) electrons. The van der Waals surface area contributed by atoms with Gasteiger partial charge in [0.25, 0.3) is 0 Å². The van der Waals surface area contributed by atoms with Gasteiger partial charge in [0.2, 0.25) is 5.89 Å². The number of benzene rings is 1. The van der Waals surface area contributed by atoms with E-state index in [0.29, 0.717) is 18.1 Å². The molecule has 2 heterocycles. The minimum Gasteiger partial charge on any atom is -0.441 e. The number of urea groups is 1. The van der Waals surface area contributed by atoms with Crippen LogP contribution in [0, 0.1) is 13.8 Å². The molecule has 2 N–H and O–H groups in total. The van der Waals surface area contributed by atoms with Gasteiger partial charge in [-0.3, -0.25) is 0 Å². The number of anilines is 1. The molecule has 3 aromatic rings. The van der Waals surface area contributed by atoms with Gasteiger partial charge in [-0.2, -0.15) is 0 Å². The molecule has 0 aliphatic heterocycles.